The molecule has 0 bridgehead atoms. The molecule has 0 aromatic rings. The first-order valence-corrected chi connectivity index (χ1v) is 31.4. The zero-order chi connectivity index (χ0) is 47.4. The van der Waals surface area contributed by atoms with Gasteiger partial charge in [0.2, 0.25) is 4.86 Å². The van der Waals surface area contributed by atoms with Crippen molar-refractivity contribution in [2.24, 2.45) is 47.3 Å². The van der Waals surface area contributed by atoms with Crippen molar-refractivity contribution < 1.29 is 79.1 Å². The van der Waals surface area contributed by atoms with Gasteiger partial charge in [0.1, 0.15) is 7.57 Å². The fourth-order valence-corrected chi connectivity index (χ4v) is 24.8. The molecular formula is C38H57B2I2O17P2Si2. The van der Waals surface area contributed by atoms with Crippen molar-refractivity contribution >= 4 is 136 Å². The average molecular weight is 1180 g/mol. The van der Waals surface area contributed by atoms with Crippen LogP contribution in [0.15, 0.2) is 0 Å². The summed E-state index contributed by atoms with van der Waals surface area (Å²) in [6, 6.07) is 0. The van der Waals surface area contributed by atoms with Crippen LogP contribution in [-0.4, -0.2) is 115 Å². The Morgan fingerprint density at radius 3 is 1.32 bits per heavy atom. The first-order chi connectivity index (χ1) is 29.6. The number of hydrogen-bond acceptors (Lipinski definition) is 17. The number of ether oxygens (including phenoxy) is 4. The van der Waals surface area contributed by atoms with E-state index in [0.29, 0.717) is 0 Å². The van der Waals surface area contributed by atoms with E-state index in [0.717, 1.165) is 0 Å². The highest BCUT2D eigenvalue weighted by Crippen LogP contribution is 2.63. The minimum atomic E-state index is -4.44. The maximum Gasteiger partial charge on any atom is 0.497 e. The summed E-state index contributed by atoms with van der Waals surface area (Å²) in [5, 5.41) is -2.20. The summed E-state index contributed by atoms with van der Waals surface area (Å²) in [5.74, 6) is -14.6. The fourth-order valence-electron chi connectivity index (χ4n) is 10.1. The summed E-state index contributed by atoms with van der Waals surface area (Å²) in [6.07, 6.45) is 0.123. The normalized spacial score (nSPS) is 30.3. The molecule has 0 N–H and O–H groups in total. The fraction of sp³-hybridized carbons (Fsp3) is 0.789. The molecule has 3 radical (unpaired) electrons. The Kier molecular flexibility index (Phi) is 19.6. The molecular weight excluding hydrogens is 1120 g/mol. The molecule has 4 saturated heterocycles. The Morgan fingerprint density at radius 2 is 1.00 bits per heavy atom. The highest BCUT2D eigenvalue weighted by molar-refractivity contribution is 14.2. The molecule has 14 atom stereocenters. The highest BCUT2D eigenvalue weighted by Gasteiger charge is 2.69. The number of carbonyl (C=O) groups excluding carboxylic acids is 8. The van der Waals surface area contributed by atoms with Crippen LogP contribution in [0.5, 0.6) is 0 Å². The predicted octanol–water partition coefficient (Wildman–Crippen LogP) is 5.75. The lowest BCUT2D eigenvalue weighted by Gasteiger charge is -2.47. The summed E-state index contributed by atoms with van der Waals surface area (Å²) >= 11 is 4.06. The predicted molar refractivity (Wildman–Crippen MR) is 252 cm³/mol. The maximum absolute atomic E-state index is 14.1. The van der Waals surface area contributed by atoms with E-state index in [9.17, 15) is 38.4 Å². The van der Waals surface area contributed by atoms with E-state index in [4.69, 9.17) is 48.3 Å². The molecule has 0 aromatic heterocycles. The quantitative estimate of drug-likeness (QED) is 0.0265. The topological polar surface area (TPSA) is 220 Å². The molecule has 14 unspecified atom stereocenters. The lowest BCUT2D eigenvalue weighted by molar-refractivity contribution is -0.156. The minimum Gasteiger partial charge on any atom is -0.393 e. The van der Waals surface area contributed by atoms with Crippen molar-refractivity contribution in [3.63, 3.8) is 0 Å². The van der Waals surface area contributed by atoms with Gasteiger partial charge in [0.25, 0.3) is 0 Å². The summed E-state index contributed by atoms with van der Waals surface area (Å²) in [4.78, 5) is 110. The van der Waals surface area contributed by atoms with Gasteiger partial charge in [0, 0.05) is 42.7 Å². The molecule has 4 rings (SSSR count). The molecule has 4 aliphatic heterocycles. The number of carbonyl (C=O) groups is 8. The van der Waals surface area contributed by atoms with E-state index in [1.54, 1.807) is 69.2 Å². The van der Waals surface area contributed by atoms with Crippen molar-refractivity contribution in [3.05, 3.63) is 0 Å². The Bertz CT molecular complexity index is 1770. The van der Waals surface area contributed by atoms with Crippen molar-refractivity contribution in [2.45, 2.75) is 116 Å². The van der Waals surface area contributed by atoms with Gasteiger partial charge in [-0.1, -0.05) is 69.0 Å². The number of halogens is 2. The van der Waals surface area contributed by atoms with Gasteiger partial charge < -0.3 is 40.8 Å². The zero-order valence-corrected chi connectivity index (χ0v) is 45.4. The van der Waals surface area contributed by atoms with E-state index < -0.39 is 140 Å². The van der Waals surface area contributed by atoms with E-state index in [2.05, 4.69) is 22.4 Å². The molecule has 0 aromatic carbocycles. The third kappa shape index (κ3) is 10.8. The van der Waals surface area contributed by atoms with E-state index in [1.807, 2.05) is 26.9 Å². The number of hydrogen-bond donors (Lipinski definition) is 0. The van der Waals surface area contributed by atoms with Crippen LogP contribution in [0.1, 0.15) is 94.9 Å². The third-order valence-corrected chi connectivity index (χ3v) is 28.3. The lowest BCUT2D eigenvalue weighted by Crippen LogP contribution is -2.65. The van der Waals surface area contributed by atoms with Crippen LogP contribution in [-0.2, 0) is 79.1 Å². The second-order valence-electron chi connectivity index (χ2n) is 16.6. The lowest BCUT2D eigenvalue weighted by atomic mass is 9.75. The summed E-state index contributed by atoms with van der Waals surface area (Å²) < 4.78 is 54.7. The van der Waals surface area contributed by atoms with Crippen LogP contribution in [0.25, 0.3) is 0 Å². The van der Waals surface area contributed by atoms with Crippen molar-refractivity contribution in [1.29, 1.82) is 0 Å². The maximum atomic E-state index is 14.1. The van der Waals surface area contributed by atoms with Gasteiger partial charge in [-0.15, -0.1) is 8.46 Å². The number of cyclic esters (lactones) is 8. The van der Waals surface area contributed by atoms with Crippen LogP contribution < -0.4 is 0 Å². The second-order valence-corrected chi connectivity index (χ2v) is 30.7. The molecule has 0 aliphatic carbocycles. The Morgan fingerprint density at radius 1 is 0.635 bits per heavy atom. The molecule has 0 amide bonds. The number of rotatable bonds is 25. The molecule has 4 fully saturated rings. The Hall–Kier alpha value is -0.756. The zero-order valence-electron chi connectivity index (χ0n) is 37.2. The van der Waals surface area contributed by atoms with E-state index in [1.165, 1.54) is 0 Å². The smallest absolute Gasteiger partial charge is 0.393 e. The third-order valence-electron chi connectivity index (χ3n) is 12.9. The molecule has 4 heterocycles. The van der Waals surface area contributed by atoms with Gasteiger partial charge in [-0.05, 0) is 58.5 Å². The van der Waals surface area contributed by atoms with Crippen molar-refractivity contribution in [3.8, 4) is 0 Å². The van der Waals surface area contributed by atoms with Gasteiger partial charge in [0.05, 0.1) is 47.3 Å². The average Bonchev–Trinajstić information content (AvgIpc) is 3.82. The summed E-state index contributed by atoms with van der Waals surface area (Å²) in [6.45, 7) is 17.1. The van der Waals surface area contributed by atoms with E-state index >= 15 is 0 Å². The molecule has 0 spiro atoms. The van der Waals surface area contributed by atoms with Crippen LogP contribution >= 0.6 is 58.3 Å². The molecule has 349 valence electrons. The van der Waals surface area contributed by atoms with Crippen LogP contribution in [0.4, 0.5) is 0 Å². The Balaban J connectivity index is 1.89. The van der Waals surface area contributed by atoms with Gasteiger partial charge in [0.15, 0.2) is 0 Å². The van der Waals surface area contributed by atoms with E-state index in [-0.39, 0.29) is 60.6 Å². The molecule has 25 heteroatoms. The minimum absolute atomic E-state index is 0.00277. The Labute approximate surface area is 402 Å². The molecule has 4 aliphatic rings. The van der Waals surface area contributed by atoms with Crippen molar-refractivity contribution in [2.75, 3.05) is 26.4 Å². The SMILES string of the molecule is [B]P(I)C(C)(CC1C(=O)OC(=O)C1C(CC)[Si](OCC)(OCC)O[Si](OCC)(OCC)C(CC)C1C(=O)OC(=O)C1CC(C)(P[B]I)C1C(=O)OC(=O)C1C)C1C(=O)OC(=O)C1C. The highest BCUT2D eigenvalue weighted by atomic mass is 127. The summed E-state index contributed by atoms with van der Waals surface area (Å²) in [7, 11) is -2.29. The van der Waals surface area contributed by atoms with Gasteiger partial charge >= 0.3 is 65.4 Å². The molecule has 63 heavy (non-hydrogen) atoms. The van der Waals surface area contributed by atoms with Gasteiger partial charge in [-0.2, -0.15) is 22.4 Å². The standard InChI is InChI=1S/C38H57B2I2O17P2Si2/c1-11-23(25-21(31(45)57-33(25)47)17-37(9,60-40-41)27-19(7)29(43)55-35(27)49)62(51-13-3,52-14-4)59-63(53-15-5,54-16-6)24(12-2)26-22(32(46)58-34(26)48)18-38(10,61(39)42)28-20(8)30(44)56-36(28)50/h19-28,60H,11-18H2,1-10H3. The molecule has 17 nitrogen and oxygen atoms in total. The first-order valence-electron chi connectivity index (χ1n) is 21.3. The second kappa shape index (κ2) is 22.6. The van der Waals surface area contributed by atoms with Crippen molar-refractivity contribution in [1.82, 2.24) is 0 Å². The van der Waals surface area contributed by atoms with Crippen LogP contribution in [0.2, 0.25) is 11.1 Å². The van der Waals surface area contributed by atoms with Gasteiger partial charge in [-0.25, -0.2) is 0 Å². The van der Waals surface area contributed by atoms with Crippen LogP contribution in [0.3, 0.4) is 0 Å². The number of esters is 8. The largest absolute Gasteiger partial charge is 0.497 e. The van der Waals surface area contributed by atoms with Gasteiger partial charge in [-0.3, -0.25) is 38.4 Å². The molecule has 0 saturated carbocycles. The van der Waals surface area contributed by atoms with Crippen LogP contribution in [0, 0.1) is 47.3 Å². The first kappa shape index (κ1) is 54.8. The summed E-state index contributed by atoms with van der Waals surface area (Å²) in [5.41, 5.74) is -3.57. The monoisotopic (exact) mass is 1180 g/mol.